The van der Waals surface area contributed by atoms with E-state index in [0.717, 1.165) is 37.9 Å². The molecule has 1 aliphatic heterocycles. The van der Waals surface area contributed by atoms with E-state index in [1.165, 1.54) is 5.56 Å². The molecule has 1 saturated carbocycles. The van der Waals surface area contributed by atoms with Gasteiger partial charge in [0.15, 0.2) is 0 Å². The highest BCUT2D eigenvalue weighted by Crippen LogP contribution is 2.32. The Morgan fingerprint density at radius 1 is 1.33 bits per heavy atom. The first-order chi connectivity index (χ1) is 10.1. The molecule has 0 atom stereocenters. The minimum Gasteiger partial charge on any atom is -0.396 e. The summed E-state index contributed by atoms with van der Waals surface area (Å²) in [6, 6.07) is 5.48. The van der Waals surface area contributed by atoms with Crippen LogP contribution in [-0.2, 0) is 16.4 Å². The second-order valence-corrected chi connectivity index (χ2v) is 7.66. The van der Waals surface area contributed by atoms with Gasteiger partial charge in [0.25, 0.3) is 0 Å². The standard InChI is InChI=1S/C15H22N2O3S/c18-10-2-9-17(13-3-1-4-13)21(19,20)14-6-5-12-7-8-16-15(12)11-14/h5-6,11,13,16,18H,1-4,7-10H2. The van der Waals surface area contributed by atoms with Gasteiger partial charge in [-0.25, -0.2) is 8.42 Å². The zero-order valence-electron chi connectivity index (χ0n) is 12.1. The van der Waals surface area contributed by atoms with Crippen LogP contribution in [0.3, 0.4) is 0 Å². The summed E-state index contributed by atoms with van der Waals surface area (Å²) in [5.41, 5.74) is 2.12. The number of hydrogen-bond donors (Lipinski definition) is 2. The molecule has 0 amide bonds. The molecular formula is C15H22N2O3S. The van der Waals surface area contributed by atoms with Crippen molar-refractivity contribution in [2.45, 2.75) is 43.0 Å². The van der Waals surface area contributed by atoms with E-state index in [-0.39, 0.29) is 12.6 Å². The number of sulfonamides is 1. The molecule has 1 aromatic rings. The Morgan fingerprint density at radius 3 is 2.81 bits per heavy atom. The molecule has 116 valence electrons. The largest absolute Gasteiger partial charge is 0.396 e. The van der Waals surface area contributed by atoms with Crippen molar-refractivity contribution in [3.05, 3.63) is 23.8 Å². The summed E-state index contributed by atoms with van der Waals surface area (Å²) < 4.78 is 27.4. The van der Waals surface area contributed by atoms with E-state index in [2.05, 4.69) is 5.32 Å². The number of benzene rings is 1. The van der Waals surface area contributed by atoms with Gasteiger partial charge in [0.2, 0.25) is 10.0 Å². The molecular weight excluding hydrogens is 288 g/mol. The van der Waals surface area contributed by atoms with Crippen molar-refractivity contribution in [2.24, 2.45) is 0 Å². The Hall–Kier alpha value is -1.11. The molecule has 2 N–H and O–H groups in total. The van der Waals surface area contributed by atoms with Gasteiger partial charge in [-0.15, -0.1) is 0 Å². The molecule has 0 bridgehead atoms. The molecule has 21 heavy (non-hydrogen) atoms. The lowest BCUT2D eigenvalue weighted by Gasteiger charge is -2.36. The number of nitrogens with one attached hydrogen (secondary N) is 1. The van der Waals surface area contributed by atoms with Gasteiger partial charge in [0, 0.05) is 31.4 Å². The van der Waals surface area contributed by atoms with E-state index in [1.807, 2.05) is 6.07 Å². The number of aliphatic hydroxyl groups is 1. The van der Waals surface area contributed by atoms with E-state index in [1.54, 1.807) is 16.4 Å². The number of fused-ring (bicyclic) bond motifs is 1. The summed E-state index contributed by atoms with van der Waals surface area (Å²) >= 11 is 0. The molecule has 5 nitrogen and oxygen atoms in total. The second-order valence-electron chi connectivity index (χ2n) is 5.77. The molecule has 0 saturated heterocycles. The summed E-state index contributed by atoms with van der Waals surface area (Å²) in [7, 11) is -3.47. The van der Waals surface area contributed by atoms with Gasteiger partial charge in [0.05, 0.1) is 4.90 Å². The van der Waals surface area contributed by atoms with Crippen LogP contribution in [0.1, 0.15) is 31.2 Å². The Kier molecular flexibility index (Phi) is 4.19. The first-order valence-corrected chi connectivity index (χ1v) is 9.06. The third-order valence-corrected chi connectivity index (χ3v) is 6.36. The highest BCUT2D eigenvalue weighted by Gasteiger charge is 2.34. The van der Waals surface area contributed by atoms with Gasteiger partial charge in [0.1, 0.15) is 0 Å². The van der Waals surface area contributed by atoms with Crippen LogP contribution >= 0.6 is 0 Å². The van der Waals surface area contributed by atoms with Crippen LogP contribution in [0.15, 0.2) is 23.1 Å². The lowest BCUT2D eigenvalue weighted by atomic mass is 9.93. The van der Waals surface area contributed by atoms with Gasteiger partial charge in [-0.3, -0.25) is 0 Å². The minimum atomic E-state index is -3.47. The normalized spacial score (nSPS) is 18.4. The highest BCUT2D eigenvalue weighted by atomic mass is 32.2. The lowest BCUT2D eigenvalue weighted by Crippen LogP contribution is -2.44. The third-order valence-electron chi connectivity index (χ3n) is 4.42. The van der Waals surface area contributed by atoms with Gasteiger partial charge in [-0.05, 0) is 43.4 Å². The highest BCUT2D eigenvalue weighted by molar-refractivity contribution is 7.89. The van der Waals surface area contributed by atoms with Crippen molar-refractivity contribution in [1.82, 2.24) is 4.31 Å². The summed E-state index contributed by atoms with van der Waals surface area (Å²) in [6.07, 6.45) is 4.37. The van der Waals surface area contributed by atoms with E-state index in [9.17, 15) is 8.42 Å². The Balaban J connectivity index is 1.89. The molecule has 6 heteroatoms. The topological polar surface area (TPSA) is 69.6 Å². The van der Waals surface area contributed by atoms with E-state index in [0.29, 0.717) is 17.9 Å². The van der Waals surface area contributed by atoms with Crippen molar-refractivity contribution in [2.75, 3.05) is 25.0 Å². The SMILES string of the molecule is O=S(=O)(c1ccc2c(c1)NCC2)N(CCCO)C1CCC1. The molecule has 2 aliphatic rings. The molecule has 1 heterocycles. The number of rotatable bonds is 6. The predicted molar refractivity (Wildman–Crippen MR) is 81.9 cm³/mol. The maximum Gasteiger partial charge on any atom is 0.243 e. The van der Waals surface area contributed by atoms with Crippen LogP contribution in [0.5, 0.6) is 0 Å². The Labute approximate surface area is 126 Å². The second kappa shape index (κ2) is 5.94. The van der Waals surface area contributed by atoms with Gasteiger partial charge in [-0.1, -0.05) is 12.5 Å². The maximum atomic E-state index is 12.9. The summed E-state index contributed by atoms with van der Waals surface area (Å²) in [5.74, 6) is 0. The van der Waals surface area contributed by atoms with Gasteiger partial charge in [-0.2, -0.15) is 4.31 Å². The van der Waals surface area contributed by atoms with Crippen LogP contribution < -0.4 is 5.32 Å². The maximum absolute atomic E-state index is 12.9. The Morgan fingerprint density at radius 2 is 2.14 bits per heavy atom. The van der Waals surface area contributed by atoms with Gasteiger partial charge >= 0.3 is 0 Å². The van der Waals surface area contributed by atoms with Crippen LogP contribution in [0.25, 0.3) is 0 Å². The van der Waals surface area contributed by atoms with Crippen LogP contribution in [0, 0.1) is 0 Å². The van der Waals surface area contributed by atoms with Crippen molar-refractivity contribution in [3.8, 4) is 0 Å². The zero-order chi connectivity index (χ0) is 14.9. The third kappa shape index (κ3) is 2.80. The smallest absolute Gasteiger partial charge is 0.243 e. The number of nitrogens with zero attached hydrogens (tertiary/aromatic N) is 1. The quantitative estimate of drug-likeness (QED) is 0.837. The number of anilines is 1. The van der Waals surface area contributed by atoms with E-state index < -0.39 is 10.0 Å². The number of hydrogen-bond acceptors (Lipinski definition) is 4. The Bertz CT molecular complexity index is 611. The molecule has 3 rings (SSSR count). The average molecular weight is 310 g/mol. The van der Waals surface area contributed by atoms with Crippen LogP contribution in [0.4, 0.5) is 5.69 Å². The zero-order valence-corrected chi connectivity index (χ0v) is 12.9. The molecule has 0 radical (unpaired) electrons. The molecule has 1 aliphatic carbocycles. The number of aliphatic hydroxyl groups excluding tert-OH is 1. The summed E-state index contributed by atoms with van der Waals surface area (Å²) in [6.45, 7) is 1.29. The first-order valence-electron chi connectivity index (χ1n) is 7.62. The summed E-state index contributed by atoms with van der Waals surface area (Å²) in [5, 5.41) is 12.2. The van der Waals surface area contributed by atoms with Crippen molar-refractivity contribution in [1.29, 1.82) is 0 Å². The van der Waals surface area contributed by atoms with E-state index >= 15 is 0 Å². The van der Waals surface area contributed by atoms with E-state index in [4.69, 9.17) is 5.11 Å². The molecule has 1 fully saturated rings. The van der Waals surface area contributed by atoms with Crippen LogP contribution in [-0.4, -0.2) is 43.6 Å². The first kappa shape index (κ1) is 14.8. The van der Waals surface area contributed by atoms with Crippen molar-refractivity contribution >= 4 is 15.7 Å². The van der Waals surface area contributed by atoms with Crippen molar-refractivity contribution < 1.29 is 13.5 Å². The predicted octanol–water partition coefficient (Wildman–Crippen LogP) is 1.58. The lowest BCUT2D eigenvalue weighted by molar-refractivity contribution is 0.198. The fourth-order valence-corrected chi connectivity index (χ4v) is 4.72. The fourth-order valence-electron chi connectivity index (χ4n) is 2.97. The van der Waals surface area contributed by atoms with Crippen molar-refractivity contribution in [3.63, 3.8) is 0 Å². The molecule has 0 spiro atoms. The molecule has 0 aromatic heterocycles. The monoisotopic (exact) mass is 310 g/mol. The van der Waals surface area contributed by atoms with Gasteiger partial charge < -0.3 is 10.4 Å². The van der Waals surface area contributed by atoms with Crippen LogP contribution in [0.2, 0.25) is 0 Å². The average Bonchev–Trinajstić information content (AvgIpc) is 2.88. The molecule has 1 aromatic carbocycles. The minimum absolute atomic E-state index is 0.0183. The summed E-state index contributed by atoms with van der Waals surface area (Å²) in [4.78, 5) is 0.362. The molecule has 0 unspecified atom stereocenters. The fraction of sp³-hybridized carbons (Fsp3) is 0.600.